The summed E-state index contributed by atoms with van der Waals surface area (Å²) < 4.78 is 13.4. The molecule has 0 saturated carbocycles. The van der Waals surface area contributed by atoms with E-state index in [4.69, 9.17) is 17.3 Å². The Morgan fingerprint density at radius 1 is 1.12 bits per heavy atom. The van der Waals surface area contributed by atoms with Crippen LogP contribution in [0.25, 0.3) is 22.4 Å². The Bertz CT molecular complexity index is 928. The number of thiol groups is 1. The average Bonchev–Trinajstić information content (AvgIpc) is 2.59. The summed E-state index contributed by atoms with van der Waals surface area (Å²) in [6, 6.07) is 14.0. The van der Waals surface area contributed by atoms with Crippen molar-refractivity contribution in [2.75, 3.05) is 0 Å². The highest BCUT2D eigenvalue weighted by Crippen LogP contribution is 2.35. The molecule has 0 unspecified atom stereocenters. The summed E-state index contributed by atoms with van der Waals surface area (Å²) in [5.74, 6) is -0.459. The van der Waals surface area contributed by atoms with Gasteiger partial charge in [-0.25, -0.2) is 9.38 Å². The Morgan fingerprint density at radius 2 is 1.92 bits per heavy atom. The molecule has 0 radical (unpaired) electrons. The van der Waals surface area contributed by atoms with Crippen LogP contribution < -0.4 is 5.73 Å². The number of pyridine rings is 1. The Morgan fingerprint density at radius 3 is 2.62 bits per heavy atom. The molecule has 3 nitrogen and oxygen atoms in total. The van der Waals surface area contributed by atoms with E-state index in [2.05, 4.69) is 22.6 Å². The van der Waals surface area contributed by atoms with Gasteiger partial charge in [0.2, 0.25) is 0 Å². The standard InChI is InChI=1S/C18H13ClFN3S/c19-14-8-12(3-5-15(14)20)18-13(2-1-7-22-18)11-4-6-16(23-10-21)17(24)9-11/h1-10,24H,(H2,21,23). The molecular weight excluding hydrogens is 345 g/mol. The summed E-state index contributed by atoms with van der Waals surface area (Å²) in [5.41, 5.74) is 9.26. The number of hydrogen-bond donors (Lipinski definition) is 2. The molecule has 2 aromatic carbocycles. The number of rotatable bonds is 3. The minimum Gasteiger partial charge on any atom is -0.390 e. The van der Waals surface area contributed by atoms with Gasteiger partial charge in [-0.2, -0.15) is 0 Å². The third-order valence-corrected chi connectivity index (χ3v) is 4.15. The van der Waals surface area contributed by atoms with E-state index in [-0.39, 0.29) is 5.02 Å². The van der Waals surface area contributed by atoms with Gasteiger partial charge in [-0.05, 0) is 42.0 Å². The van der Waals surface area contributed by atoms with Crippen molar-refractivity contribution in [3.05, 3.63) is 65.6 Å². The Kier molecular flexibility index (Phi) is 4.83. The highest BCUT2D eigenvalue weighted by atomic mass is 35.5. The molecule has 0 aliphatic heterocycles. The molecule has 1 heterocycles. The Hall–Kier alpha value is -2.37. The van der Waals surface area contributed by atoms with Gasteiger partial charge in [-0.1, -0.05) is 23.7 Å². The summed E-state index contributed by atoms with van der Waals surface area (Å²) >= 11 is 10.3. The fraction of sp³-hybridized carbons (Fsp3) is 0. The Labute approximate surface area is 149 Å². The van der Waals surface area contributed by atoms with Gasteiger partial charge in [-0.15, -0.1) is 12.6 Å². The van der Waals surface area contributed by atoms with Gasteiger partial charge >= 0.3 is 0 Å². The zero-order valence-corrected chi connectivity index (χ0v) is 14.1. The third-order valence-electron chi connectivity index (χ3n) is 3.50. The van der Waals surface area contributed by atoms with Crippen molar-refractivity contribution in [2.45, 2.75) is 4.90 Å². The van der Waals surface area contributed by atoms with Crippen LogP contribution in [0.2, 0.25) is 5.02 Å². The van der Waals surface area contributed by atoms with Crippen LogP contribution in [0.3, 0.4) is 0 Å². The average molecular weight is 358 g/mol. The first-order valence-corrected chi connectivity index (χ1v) is 7.91. The molecule has 0 spiro atoms. The quantitative estimate of drug-likeness (QED) is 0.388. The smallest absolute Gasteiger partial charge is 0.141 e. The second kappa shape index (κ2) is 7.03. The summed E-state index contributed by atoms with van der Waals surface area (Å²) in [6.07, 6.45) is 2.91. The second-order valence-corrected chi connectivity index (χ2v) is 5.90. The van der Waals surface area contributed by atoms with Crippen molar-refractivity contribution < 1.29 is 4.39 Å². The number of nitrogens with two attached hydrogens (primary N) is 1. The van der Waals surface area contributed by atoms with Gasteiger partial charge in [0.05, 0.1) is 22.7 Å². The van der Waals surface area contributed by atoms with Crippen LogP contribution in [0.15, 0.2) is 64.6 Å². The largest absolute Gasteiger partial charge is 0.390 e. The van der Waals surface area contributed by atoms with E-state index in [1.807, 2.05) is 30.3 Å². The number of aliphatic imine (C=N–C) groups is 1. The van der Waals surface area contributed by atoms with E-state index in [1.165, 1.54) is 12.4 Å². The normalized spacial score (nSPS) is 11.1. The maximum Gasteiger partial charge on any atom is 0.141 e. The van der Waals surface area contributed by atoms with E-state index >= 15 is 0 Å². The molecule has 120 valence electrons. The second-order valence-electron chi connectivity index (χ2n) is 5.01. The van der Waals surface area contributed by atoms with Crippen LogP contribution in [-0.4, -0.2) is 11.3 Å². The summed E-state index contributed by atoms with van der Waals surface area (Å²) in [6.45, 7) is 0. The number of halogens is 2. The lowest BCUT2D eigenvalue weighted by Crippen LogP contribution is -1.91. The van der Waals surface area contributed by atoms with Gasteiger partial charge in [0.15, 0.2) is 0 Å². The fourth-order valence-corrected chi connectivity index (χ4v) is 2.84. The molecule has 24 heavy (non-hydrogen) atoms. The molecule has 0 aliphatic rings. The van der Waals surface area contributed by atoms with E-state index in [9.17, 15) is 4.39 Å². The molecular formula is C18H13ClFN3S. The lowest BCUT2D eigenvalue weighted by Gasteiger charge is -2.11. The number of aromatic nitrogens is 1. The van der Waals surface area contributed by atoms with Crippen LogP contribution in [-0.2, 0) is 0 Å². The first-order chi connectivity index (χ1) is 11.6. The van der Waals surface area contributed by atoms with Crippen LogP contribution in [0, 0.1) is 5.82 Å². The van der Waals surface area contributed by atoms with Gasteiger partial charge in [0.25, 0.3) is 0 Å². The number of hydrogen-bond acceptors (Lipinski definition) is 3. The minimum absolute atomic E-state index is 0.0617. The van der Waals surface area contributed by atoms with Crippen LogP contribution in [0.5, 0.6) is 0 Å². The Balaban J connectivity index is 2.13. The fourth-order valence-electron chi connectivity index (χ4n) is 2.39. The monoisotopic (exact) mass is 357 g/mol. The number of benzene rings is 2. The van der Waals surface area contributed by atoms with E-state index in [1.54, 1.807) is 18.3 Å². The van der Waals surface area contributed by atoms with Gasteiger partial charge in [0.1, 0.15) is 5.82 Å². The molecule has 1 aromatic heterocycles. The molecule has 0 bridgehead atoms. The zero-order valence-electron chi connectivity index (χ0n) is 12.4. The molecule has 0 atom stereocenters. The van der Waals surface area contributed by atoms with Crippen LogP contribution in [0.4, 0.5) is 10.1 Å². The van der Waals surface area contributed by atoms with Crippen molar-refractivity contribution in [2.24, 2.45) is 10.7 Å². The summed E-state index contributed by atoms with van der Waals surface area (Å²) in [5, 5.41) is 0.0617. The molecule has 2 N–H and O–H groups in total. The molecule has 0 amide bonds. The van der Waals surface area contributed by atoms with Crippen molar-refractivity contribution >= 4 is 36.3 Å². The SMILES string of the molecule is NC=Nc1ccc(-c2cccnc2-c2ccc(F)c(Cl)c2)cc1S. The highest BCUT2D eigenvalue weighted by Gasteiger charge is 2.11. The van der Waals surface area contributed by atoms with Gasteiger partial charge in [0, 0.05) is 22.2 Å². The van der Waals surface area contributed by atoms with Crippen LogP contribution in [0.1, 0.15) is 0 Å². The first-order valence-electron chi connectivity index (χ1n) is 7.08. The van der Waals surface area contributed by atoms with E-state index in [0.717, 1.165) is 16.7 Å². The van der Waals surface area contributed by atoms with E-state index in [0.29, 0.717) is 16.3 Å². The van der Waals surface area contributed by atoms with Crippen LogP contribution >= 0.6 is 24.2 Å². The maximum absolute atomic E-state index is 13.4. The molecule has 3 rings (SSSR count). The van der Waals surface area contributed by atoms with Crippen molar-refractivity contribution in [1.29, 1.82) is 0 Å². The van der Waals surface area contributed by atoms with Crippen molar-refractivity contribution in [1.82, 2.24) is 4.98 Å². The number of nitrogens with zero attached hydrogens (tertiary/aromatic N) is 2. The van der Waals surface area contributed by atoms with Crippen molar-refractivity contribution in [3.8, 4) is 22.4 Å². The predicted molar refractivity (Wildman–Crippen MR) is 99.7 cm³/mol. The van der Waals surface area contributed by atoms with Gasteiger partial charge in [-0.3, -0.25) is 4.98 Å². The van der Waals surface area contributed by atoms with Gasteiger partial charge < -0.3 is 5.73 Å². The molecule has 0 fully saturated rings. The molecule has 0 aliphatic carbocycles. The lowest BCUT2D eigenvalue weighted by molar-refractivity contribution is 0.628. The van der Waals surface area contributed by atoms with E-state index < -0.39 is 5.82 Å². The summed E-state index contributed by atoms with van der Waals surface area (Å²) in [7, 11) is 0. The summed E-state index contributed by atoms with van der Waals surface area (Å²) in [4.78, 5) is 9.17. The lowest BCUT2D eigenvalue weighted by atomic mass is 9.99. The molecule has 0 saturated heterocycles. The zero-order chi connectivity index (χ0) is 17.1. The maximum atomic E-state index is 13.4. The topological polar surface area (TPSA) is 51.3 Å². The van der Waals surface area contributed by atoms with Crippen molar-refractivity contribution in [3.63, 3.8) is 0 Å². The molecule has 3 aromatic rings. The highest BCUT2D eigenvalue weighted by molar-refractivity contribution is 7.80. The molecule has 6 heteroatoms. The predicted octanol–water partition coefficient (Wildman–Crippen LogP) is 5.12. The third kappa shape index (κ3) is 3.27. The first kappa shape index (κ1) is 16.5. The minimum atomic E-state index is -0.459.